The molecular weight excluding hydrogens is 260 g/mol. The minimum Gasteiger partial charge on any atom is -0.338 e. The van der Waals surface area contributed by atoms with Crippen molar-refractivity contribution < 1.29 is 4.79 Å². The van der Waals surface area contributed by atoms with Crippen molar-refractivity contribution in [3.05, 3.63) is 0 Å². The lowest BCUT2D eigenvalue weighted by molar-refractivity contribution is 0.223. The van der Waals surface area contributed by atoms with Crippen LogP contribution >= 0.6 is 0 Å². The normalized spacial score (nSPS) is 35.9. The zero-order chi connectivity index (χ0) is 14.7. The minimum absolute atomic E-state index is 0.0770. The lowest BCUT2D eigenvalue weighted by Crippen LogP contribution is -2.44. The maximum atomic E-state index is 12.0. The molecular formula is C18H32N2O. The van der Waals surface area contributed by atoms with E-state index in [1.165, 1.54) is 64.2 Å². The Hall–Kier alpha value is -0.730. The molecule has 3 fully saturated rings. The van der Waals surface area contributed by atoms with Crippen molar-refractivity contribution in [1.82, 2.24) is 10.6 Å². The van der Waals surface area contributed by atoms with Gasteiger partial charge in [-0.05, 0) is 55.8 Å². The summed E-state index contributed by atoms with van der Waals surface area (Å²) in [5.41, 5.74) is 0. The molecule has 0 unspecified atom stereocenters. The molecule has 2 N–H and O–H groups in total. The standard InChI is InChI=1S/C18H32N2O/c1-2-4-13-7-9-16(10-8-13)20-18(21)19-12-15-11-17(15)14-5-3-6-14/h13-17H,2-12H2,1H3,(H2,19,20,21)/t13?,15-,16?,17-/m0/s1. The maximum absolute atomic E-state index is 12.0. The van der Waals surface area contributed by atoms with Crippen LogP contribution in [0, 0.1) is 23.7 Å². The van der Waals surface area contributed by atoms with Crippen LogP contribution in [0.5, 0.6) is 0 Å². The molecule has 0 radical (unpaired) electrons. The first kappa shape index (κ1) is 15.2. The number of carbonyl (C=O) groups is 1. The third-order valence-corrected chi connectivity index (χ3v) is 6.14. The van der Waals surface area contributed by atoms with Gasteiger partial charge in [-0.1, -0.05) is 39.0 Å². The lowest BCUT2D eigenvalue weighted by Gasteiger charge is -2.29. The topological polar surface area (TPSA) is 41.1 Å². The third-order valence-electron chi connectivity index (χ3n) is 6.14. The molecule has 3 aliphatic carbocycles. The molecule has 0 aromatic carbocycles. The molecule has 3 nitrogen and oxygen atoms in total. The summed E-state index contributed by atoms with van der Waals surface area (Å²) in [6, 6.07) is 0.493. The van der Waals surface area contributed by atoms with Crippen molar-refractivity contribution in [3.8, 4) is 0 Å². The van der Waals surface area contributed by atoms with Crippen molar-refractivity contribution >= 4 is 6.03 Å². The van der Waals surface area contributed by atoms with Crippen molar-refractivity contribution in [2.75, 3.05) is 6.54 Å². The van der Waals surface area contributed by atoms with Crippen LogP contribution in [0.25, 0.3) is 0 Å². The molecule has 0 heterocycles. The number of nitrogens with one attached hydrogen (secondary N) is 2. The Labute approximate surface area is 129 Å². The van der Waals surface area contributed by atoms with Crippen LogP contribution in [0.3, 0.4) is 0 Å². The molecule has 0 aromatic rings. The quantitative estimate of drug-likeness (QED) is 0.761. The number of carbonyl (C=O) groups excluding carboxylic acids is 1. The second-order valence-corrected chi connectivity index (χ2v) is 7.71. The summed E-state index contributed by atoms with van der Waals surface area (Å²) in [4.78, 5) is 12.0. The summed E-state index contributed by atoms with van der Waals surface area (Å²) in [5.74, 6) is 3.62. The van der Waals surface area contributed by atoms with Gasteiger partial charge in [0, 0.05) is 12.6 Å². The molecule has 3 heteroatoms. The number of amides is 2. The van der Waals surface area contributed by atoms with Gasteiger partial charge in [-0.25, -0.2) is 4.79 Å². The fourth-order valence-electron chi connectivity index (χ4n) is 4.41. The Bertz CT molecular complexity index is 345. The van der Waals surface area contributed by atoms with Gasteiger partial charge >= 0.3 is 6.03 Å². The number of urea groups is 1. The van der Waals surface area contributed by atoms with Crippen LogP contribution in [-0.4, -0.2) is 18.6 Å². The van der Waals surface area contributed by atoms with Crippen LogP contribution < -0.4 is 10.6 Å². The van der Waals surface area contributed by atoms with Gasteiger partial charge in [0.1, 0.15) is 0 Å². The highest BCUT2D eigenvalue weighted by molar-refractivity contribution is 5.74. The largest absolute Gasteiger partial charge is 0.338 e. The van der Waals surface area contributed by atoms with E-state index in [2.05, 4.69) is 17.6 Å². The van der Waals surface area contributed by atoms with Gasteiger partial charge in [0.2, 0.25) is 0 Å². The average molecular weight is 292 g/mol. The van der Waals surface area contributed by atoms with Gasteiger partial charge in [0.15, 0.2) is 0 Å². The van der Waals surface area contributed by atoms with Crippen molar-refractivity contribution in [1.29, 1.82) is 0 Å². The monoisotopic (exact) mass is 292 g/mol. The Morgan fingerprint density at radius 2 is 1.86 bits per heavy atom. The SMILES string of the molecule is CCCC1CCC(NC(=O)NC[C@@H]2C[C@H]2C2CCC2)CC1. The van der Waals surface area contributed by atoms with E-state index in [4.69, 9.17) is 0 Å². The van der Waals surface area contributed by atoms with Crippen molar-refractivity contribution in [3.63, 3.8) is 0 Å². The number of rotatable bonds is 6. The highest BCUT2D eigenvalue weighted by Gasteiger charge is 2.44. The first-order valence-electron chi connectivity index (χ1n) is 9.30. The lowest BCUT2D eigenvalue weighted by atomic mass is 9.81. The first-order chi connectivity index (χ1) is 10.3. The summed E-state index contributed by atoms with van der Waals surface area (Å²) in [5, 5.41) is 6.30. The van der Waals surface area contributed by atoms with Crippen LogP contribution in [0.15, 0.2) is 0 Å². The highest BCUT2D eigenvalue weighted by Crippen LogP contribution is 2.51. The van der Waals surface area contributed by atoms with E-state index >= 15 is 0 Å². The van der Waals surface area contributed by atoms with E-state index < -0.39 is 0 Å². The molecule has 21 heavy (non-hydrogen) atoms. The average Bonchev–Trinajstić information content (AvgIpc) is 3.16. The number of hydrogen-bond acceptors (Lipinski definition) is 1. The van der Waals surface area contributed by atoms with Crippen LogP contribution in [-0.2, 0) is 0 Å². The molecule has 0 bridgehead atoms. The summed E-state index contributed by atoms with van der Waals surface area (Å²) in [7, 11) is 0. The van der Waals surface area contributed by atoms with E-state index in [1.54, 1.807) is 0 Å². The van der Waals surface area contributed by atoms with Gasteiger partial charge in [0.05, 0.1) is 0 Å². The Balaban J connectivity index is 1.27. The fourth-order valence-corrected chi connectivity index (χ4v) is 4.41. The smallest absolute Gasteiger partial charge is 0.315 e. The molecule has 0 spiro atoms. The van der Waals surface area contributed by atoms with Gasteiger partial charge in [-0.3, -0.25) is 0 Å². The second kappa shape index (κ2) is 7.02. The Morgan fingerprint density at radius 3 is 2.48 bits per heavy atom. The summed E-state index contributed by atoms with van der Waals surface area (Å²) < 4.78 is 0. The zero-order valence-electron chi connectivity index (χ0n) is 13.6. The minimum atomic E-state index is 0.0770. The maximum Gasteiger partial charge on any atom is 0.315 e. The van der Waals surface area contributed by atoms with Crippen molar-refractivity contribution in [2.24, 2.45) is 23.7 Å². The zero-order valence-corrected chi connectivity index (χ0v) is 13.6. The van der Waals surface area contributed by atoms with Crippen LogP contribution in [0.2, 0.25) is 0 Å². The summed E-state index contributed by atoms with van der Waals surface area (Å²) in [6.07, 6.45) is 13.3. The van der Waals surface area contributed by atoms with Gasteiger partial charge in [-0.2, -0.15) is 0 Å². The molecule has 2 amide bonds. The van der Waals surface area contributed by atoms with E-state index in [0.717, 1.165) is 30.2 Å². The first-order valence-corrected chi connectivity index (χ1v) is 9.30. The van der Waals surface area contributed by atoms with Gasteiger partial charge in [-0.15, -0.1) is 0 Å². The van der Waals surface area contributed by atoms with E-state index in [0.29, 0.717) is 6.04 Å². The summed E-state index contributed by atoms with van der Waals surface area (Å²) >= 11 is 0. The van der Waals surface area contributed by atoms with Gasteiger partial charge < -0.3 is 10.6 Å². The third kappa shape index (κ3) is 4.14. The highest BCUT2D eigenvalue weighted by atomic mass is 16.2. The van der Waals surface area contributed by atoms with Crippen LogP contribution in [0.4, 0.5) is 4.79 Å². The van der Waals surface area contributed by atoms with E-state index in [1.807, 2.05) is 0 Å². The predicted molar refractivity (Wildman–Crippen MR) is 86.1 cm³/mol. The molecule has 3 rings (SSSR count). The second-order valence-electron chi connectivity index (χ2n) is 7.71. The molecule has 120 valence electrons. The summed E-state index contributed by atoms with van der Waals surface area (Å²) in [6.45, 7) is 3.17. The molecule has 0 aromatic heterocycles. The molecule has 3 aliphatic rings. The van der Waals surface area contributed by atoms with Crippen molar-refractivity contribution in [2.45, 2.75) is 77.2 Å². The van der Waals surface area contributed by atoms with Gasteiger partial charge in [0.25, 0.3) is 0 Å². The molecule has 2 atom stereocenters. The predicted octanol–water partition coefficient (Wildman–Crippen LogP) is 4.08. The molecule has 0 saturated heterocycles. The Morgan fingerprint density at radius 1 is 1.10 bits per heavy atom. The fraction of sp³-hybridized carbons (Fsp3) is 0.944. The van der Waals surface area contributed by atoms with Crippen LogP contribution in [0.1, 0.15) is 71.1 Å². The van der Waals surface area contributed by atoms with E-state index in [-0.39, 0.29) is 6.03 Å². The molecule has 0 aliphatic heterocycles. The van der Waals surface area contributed by atoms with E-state index in [9.17, 15) is 4.79 Å². The number of hydrogen-bond donors (Lipinski definition) is 2. The molecule has 3 saturated carbocycles. The Kier molecular flexibility index (Phi) is 5.07.